The van der Waals surface area contributed by atoms with Crippen LogP contribution in [-0.4, -0.2) is 37.1 Å². The lowest BCUT2D eigenvalue weighted by molar-refractivity contribution is -0.123. The van der Waals surface area contributed by atoms with Crippen LogP contribution in [0.4, 0.5) is 5.69 Å². The lowest BCUT2D eigenvalue weighted by Gasteiger charge is -2.37. The van der Waals surface area contributed by atoms with Crippen LogP contribution in [0.1, 0.15) is 35.6 Å². The van der Waals surface area contributed by atoms with E-state index in [1.807, 2.05) is 73.7 Å². The normalized spacial score (nSPS) is 15.7. The Hall–Kier alpha value is -3.15. The Morgan fingerprint density at radius 1 is 1.00 bits per heavy atom. The van der Waals surface area contributed by atoms with E-state index in [1.165, 1.54) is 5.56 Å². The zero-order valence-corrected chi connectivity index (χ0v) is 19.4. The molecule has 1 amide bonds. The van der Waals surface area contributed by atoms with Crippen LogP contribution in [0.2, 0.25) is 0 Å². The summed E-state index contributed by atoms with van der Waals surface area (Å²) in [5, 5.41) is 3.12. The molecule has 4 rings (SSSR count). The summed E-state index contributed by atoms with van der Waals surface area (Å²) in [5.74, 6) is 0.613. The summed E-state index contributed by atoms with van der Waals surface area (Å²) in [6.45, 7) is 4.24. The molecule has 1 fully saturated rings. The van der Waals surface area contributed by atoms with Crippen LogP contribution in [0.3, 0.4) is 0 Å². The van der Waals surface area contributed by atoms with E-state index >= 15 is 0 Å². The molecule has 3 aromatic rings. The number of piperidine rings is 1. The molecule has 5 heteroatoms. The Balaban J connectivity index is 1.45. The molecule has 172 valence electrons. The van der Waals surface area contributed by atoms with Gasteiger partial charge in [-0.05, 0) is 48.6 Å². The van der Waals surface area contributed by atoms with Crippen molar-refractivity contribution in [3.8, 4) is 5.75 Å². The highest BCUT2D eigenvalue weighted by atomic mass is 16.5. The number of carbonyl (C=O) groups is 1. The molecule has 1 N–H and O–H groups in total. The Morgan fingerprint density at radius 3 is 2.33 bits per heavy atom. The lowest BCUT2D eigenvalue weighted by atomic mass is 9.99. The number of likely N-dealkylation sites (tertiary alicyclic amines) is 1. The van der Waals surface area contributed by atoms with Crippen molar-refractivity contribution in [2.45, 2.75) is 38.5 Å². The minimum Gasteiger partial charge on any atom is -0.495 e. The average Bonchev–Trinajstić information content (AvgIpc) is 2.85. The Bertz CT molecular complexity index is 1030. The molecular formula is C28H32N2O3. The van der Waals surface area contributed by atoms with E-state index in [9.17, 15) is 4.79 Å². The zero-order chi connectivity index (χ0) is 23.0. The second-order valence-electron chi connectivity index (χ2n) is 8.54. The van der Waals surface area contributed by atoms with Crippen molar-refractivity contribution in [3.63, 3.8) is 0 Å². The van der Waals surface area contributed by atoms with E-state index in [4.69, 9.17) is 9.47 Å². The summed E-state index contributed by atoms with van der Waals surface area (Å²) in [4.78, 5) is 15.8. The van der Waals surface area contributed by atoms with Crippen molar-refractivity contribution < 1.29 is 14.3 Å². The van der Waals surface area contributed by atoms with Crippen LogP contribution in [0.5, 0.6) is 5.75 Å². The van der Waals surface area contributed by atoms with Crippen molar-refractivity contribution in [1.82, 2.24) is 4.90 Å². The minimum atomic E-state index is -0.369. The topological polar surface area (TPSA) is 50.8 Å². The fraction of sp³-hybridized carbons (Fsp3) is 0.321. The quantitative estimate of drug-likeness (QED) is 0.508. The number of benzene rings is 3. The second kappa shape index (κ2) is 11.1. The van der Waals surface area contributed by atoms with Crippen molar-refractivity contribution in [1.29, 1.82) is 0 Å². The van der Waals surface area contributed by atoms with Crippen LogP contribution in [0.15, 0.2) is 78.9 Å². The summed E-state index contributed by atoms with van der Waals surface area (Å²) in [6, 6.07) is 25.7. The maximum absolute atomic E-state index is 13.5. The summed E-state index contributed by atoms with van der Waals surface area (Å²) in [7, 11) is 1.62. The van der Waals surface area contributed by atoms with Gasteiger partial charge in [-0.25, -0.2) is 0 Å². The Morgan fingerprint density at radius 2 is 1.67 bits per heavy atom. The maximum atomic E-state index is 13.5. The third kappa shape index (κ3) is 6.01. The predicted octanol–water partition coefficient (Wildman–Crippen LogP) is 5.36. The third-order valence-corrected chi connectivity index (χ3v) is 6.15. The second-order valence-corrected chi connectivity index (χ2v) is 8.54. The van der Waals surface area contributed by atoms with Crippen LogP contribution >= 0.6 is 0 Å². The molecule has 0 aromatic heterocycles. The van der Waals surface area contributed by atoms with Gasteiger partial charge in [0, 0.05) is 13.1 Å². The summed E-state index contributed by atoms with van der Waals surface area (Å²) < 4.78 is 11.6. The smallest absolute Gasteiger partial charge is 0.246 e. The van der Waals surface area contributed by atoms with Gasteiger partial charge < -0.3 is 14.8 Å². The lowest BCUT2D eigenvalue weighted by Crippen LogP contribution is -2.43. The standard InChI is InChI=1S/C28H32N2O3/c1-21-13-14-26(32-2)25(19-21)29-28(31)27(23-11-7-4-8-12-23)30-17-15-24(16-18-30)33-20-22-9-5-3-6-10-22/h3-14,19,24,27H,15-18,20H2,1-2H3,(H,29,31). The van der Waals surface area contributed by atoms with Gasteiger partial charge in [-0.15, -0.1) is 0 Å². The van der Waals surface area contributed by atoms with Gasteiger partial charge in [0.25, 0.3) is 0 Å². The number of aryl methyl sites for hydroxylation is 1. The molecule has 0 radical (unpaired) electrons. The highest BCUT2D eigenvalue weighted by molar-refractivity contribution is 5.96. The van der Waals surface area contributed by atoms with Crippen LogP contribution < -0.4 is 10.1 Å². The number of methoxy groups -OCH3 is 1. The van der Waals surface area contributed by atoms with Gasteiger partial charge in [0.2, 0.25) is 5.91 Å². The van der Waals surface area contributed by atoms with Crippen molar-refractivity contribution in [2.24, 2.45) is 0 Å². The molecule has 0 saturated carbocycles. The molecule has 1 unspecified atom stereocenters. The molecule has 0 aliphatic carbocycles. The fourth-order valence-corrected chi connectivity index (χ4v) is 4.37. The number of ether oxygens (including phenoxy) is 2. The number of hydrogen-bond donors (Lipinski definition) is 1. The molecule has 1 aliphatic heterocycles. The summed E-state index contributed by atoms with van der Waals surface area (Å²) >= 11 is 0. The number of hydrogen-bond acceptors (Lipinski definition) is 4. The number of nitrogens with zero attached hydrogens (tertiary/aromatic N) is 1. The van der Waals surface area contributed by atoms with E-state index < -0.39 is 0 Å². The fourth-order valence-electron chi connectivity index (χ4n) is 4.37. The predicted molar refractivity (Wildman–Crippen MR) is 131 cm³/mol. The molecule has 0 spiro atoms. The van der Waals surface area contributed by atoms with Crippen LogP contribution in [0.25, 0.3) is 0 Å². The molecule has 5 nitrogen and oxygen atoms in total. The number of carbonyl (C=O) groups excluding carboxylic acids is 1. The van der Waals surface area contributed by atoms with E-state index in [2.05, 4.69) is 22.3 Å². The van der Waals surface area contributed by atoms with E-state index in [0.717, 1.165) is 37.1 Å². The van der Waals surface area contributed by atoms with Crippen molar-refractivity contribution in [2.75, 3.05) is 25.5 Å². The SMILES string of the molecule is COc1ccc(C)cc1NC(=O)C(c1ccccc1)N1CCC(OCc2ccccc2)CC1. The van der Waals surface area contributed by atoms with Crippen molar-refractivity contribution in [3.05, 3.63) is 95.6 Å². The average molecular weight is 445 g/mol. The minimum absolute atomic E-state index is 0.0475. The molecular weight excluding hydrogens is 412 g/mol. The van der Waals surface area contributed by atoms with Gasteiger partial charge in [0.1, 0.15) is 11.8 Å². The van der Waals surface area contributed by atoms with Gasteiger partial charge in [0.15, 0.2) is 0 Å². The summed E-state index contributed by atoms with van der Waals surface area (Å²) in [5.41, 5.74) is 3.95. The molecule has 1 saturated heterocycles. The molecule has 33 heavy (non-hydrogen) atoms. The Labute approximate surface area is 196 Å². The first-order valence-corrected chi connectivity index (χ1v) is 11.5. The first-order valence-electron chi connectivity index (χ1n) is 11.5. The molecule has 1 heterocycles. The first kappa shape index (κ1) is 23.0. The largest absolute Gasteiger partial charge is 0.495 e. The van der Waals surface area contributed by atoms with E-state index in [-0.39, 0.29) is 18.1 Å². The molecule has 1 atom stereocenters. The maximum Gasteiger partial charge on any atom is 0.246 e. The molecule has 1 aliphatic rings. The third-order valence-electron chi connectivity index (χ3n) is 6.15. The van der Waals surface area contributed by atoms with Gasteiger partial charge in [0.05, 0.1) is 25.5 Å². The summed E-state index contributed by atoms with van der Waals surface area (Å²) in [6.07, 6.45) is 2.01. The van der Waals surface area contributed by atoms with Gasteiger partial charge in [-0.2, -0.15) is 0 Å². The highest BCUT2D eigenvalue weighted by Gasteiger charge is 2.31. The first-order chi connectivity index (χ1) is 16.1. The van der Waals surface area contributed by atoms with Gasteiger partial charge in [-0.1, -0.05) is 66.7 Å². The molecule has 0 bridgehead atoms. The monoisotopic (exact) mass is 444 g/mol. The number of anilines is 1. The zero-order valence-electron chi connectivity index (χ0n) is 19.4. The van der Waals surface area contributed by atoms with E-state index in [1.54, 1.807) is 7.11 Å². The number of amides is 1. The number of rotatable bonds is 8. The van der Waals surface area contributed by atoms with Gasteiger partial charge >= 0.3 is 0 Å². The molecule has 3 aromatic carbocycles. The van der Waals surface area contributed by atoms with Crippen LogP contribution in [-0.2, 0) is 16.1 Å². The van der Waals surface area contributed by atoms with Gasteiger partial charge in [-0.3, -0.25) is 9.69 Å². The highest BCUT2D eigenvalue weighted by Crippen LogP contribution is 2.30. The number of nitrogens with one attached hydrogen (secondary N) is 1. The van der Waals surface area contributed by atoms with E-state index in [0.29, 0.717) is 18.0 Å². The van der Waals surface area contributed by atoms with Crippen LogP contribution in [0, 0.1) is 6.92 Å². The van der Waals surface area contributed by atoms with Crippen molar-refractivity contribution >= 4 is 11.6 Å². The Kier molecular flexibility index (Phi) is 7.76.